The van der Waals surface area contributed by atoms with Crippen LogP contribution in [0.3, 0.4) is 0 Å². The summed E-state index contributed by atoms with van der Waals surface area (Å²) in [7, 11) is 0. The number of amides is 1. The number of unbranched alkanes of at least 4 members (excludes halogenated alkanes) is 1. The molecule has 0 aromatic carbocycles. The number of nitrogens with one attached hydrogen (secondary N) is 1. The molecule has 1 rings (SSSR count). The molecular formula is C18H28N4O9. The van der Waals surface area contributed by atoms with Crippen LogP contribution in [-0.4, -0.2) is 74.2 Å². The predicted octanol–water partition coefficient (Wildman–Crippen LogP) is 0.750. The first-order valence-corrected chi connectivity index (χ1v) is 9.68. The Bertz CT molecular complexity index is 696. The van der Waals surface area contributed by atoms with E-state index in [1.807, 2.05) is 0 Å². The van der Waals surface area contributed by atoms with Crippen LogP contribution in [0.4, 0.5) is 0 Å². The molecule has 1 saturated heterocycles. The highest BCUT2D eigenvalue weighted by molar-refractivity contribution is 5.73. The molecule has 1 amide bonds. The fourth-order valence-electron chi connectivity index (χ4n) is 2.96. The monoisotopic (exact) mass is 444 g/mol. The molecule has 1 aliphatic rings. The molecule has 0 aromatic rings. The summed E-state index contributed by atoms with van der Waals surface area (Å²) in [4.78, 5) is 49.1. The predicted molar refractivity (Wildman–Crippen MR) is 103 cm³/mol. The van der Waals surface area contributed by atoms with Crippen molar-refractivity contribution in [3.05, 3.63) is 10.4 Å². The van der Waals surface area contributed by atoms with Gasteiger partial charge in [-0.3, -0.25) is 19.2 Å². The van der Waals surface area contributed by atoms with E-state index in [-0.39, 0.29) is 13.2 Å². The van der Waals surface area contributed by atoms with Gasteiger partial charge in [-0.05, 0) is 18.4 Å². The van der Waals surface area contributed by atoms with Gasteiger partial charge < -0.3 is 29.0 Å². The van der Waals surface area contributed by atoms with E-state index in [0.29, 0.717) is 19.4 Å². The number of carbonyl (C=O) groups excluding carboxylic acids is 4. The number of azide groups is 1. The summed E-state index contributed by atoms with van der Waals surface area (Å²) in [5.41, 5.74) is 8.31. The van der Waals surface area contributed by atoms with E-state index < -0.39 is 54.5 Å². The number of esters is 3. The molecule has 13 nitrogen and oxygen atoms in total. The Labute approximate surface area is 179 Å². The Balaban J connectivity index is 3.11. The lowest BCUT2D eigenvalue weighted by Crippen LogP contribution is -2.66. The molecule has 1 N–H and O–H groups in total. The zero-order valence-electron chi connectivity index (χ0n) is 17.9. The van der Waals surface area contributed by atoms with Crippen molar-refractivity contribution in [2.45, 2.75) is 71.2 Å². The summed E-state index contributed by atoms with van der Waals surface area (Å²) >= 11 is 0. The van der Waals surface area contributed by atoms with Crippen molar-refractivity contribution in [2.75, 3.05) is 19.8 Å². The van der Waals surface area contributed by atoms with Crippen LogP contribution in [0.1, 0.15) is 40.5 Å². The molecule has 1 fully saturated rings. The molecule has 5 atom stereocenters. The SMILES string of the molecule is CC(=O)NC1C(OCCCCN=[N+]=[N-])OC(COC(C)=O)C(OC(C)=O)C1OC(C)=O. The van der Waals surface area contributed by atoms with Gasteiger partial charge in [0.1, 0.15) is 18.8 Å². The number of carbonyl (C=O) groups is 4. The number of ether oxygens (including phenoxy) is 5. The fourth-order valence-corrected chi connectivity index (χ4v) is 2.96. The summed E-state index contributed by atoms with van der Waals surface area (Å²) < 4.78 is 27.2. The van der Waals surface area contributed by atoms with E-state index in [2.05, 4.69) is 15.3 Å². The van der Waals surface area contributed by atoms with E-state index in [0.717, 1.165) is 13.8 Å². The zero-order valence-corrected chi connectivity index (χ0v) is 17.9. The maximum absolute atomic E-state index is 11.8. The normalized spacial score (nSPS) is 25.0. The molecule has 174 valence electrons. The lowest BCUT2D eigenvalue weighted by molar-refractivity contribution is -0.277. The first-order valence-electron chi connectivity index (χ1n) is 9.68. The van der Waals surface area contributed by atoms with Gasteiger partial charge in [-0.2, -0.15) is 0 Å². The van der Waals surface area contributed by atoms with Gasteiger partial charge in [0.2, 0.25) is 5.91 Å². The van der Waals surface area contributed by atoms with E-state index >= 15 is 0 Å². The second-order valence-electron chi connectivity index (χ2n) is 6.75. The molecule has 5 unspecified atom stereocenters. The topological polar surface area (TPSA) is 175 Å². The van der Waals surface area contributed by atoms with Crippen LogP contribution in [0.5, 0.6) is 0 Å². The van der Waals surface area contributed by atoms with E-state index in [4.69, 9.17) is 29.2 Å². The second-order valence-corrected chi connectivity index (χ2v) is 6.75. The van der Waals surface area contributed by atoms with Gasteiger partial charge in [0.05, 0.1) is 0 Å². The number of rotatable bonds is 11. The average Bonchev–Trinajstić information content (AvgIpc) is 2.66. The van der Waals surface area contributed by atoms with Crippen molar-refractivity contribution < 1.29 is 42.9 Å². The van der Waals surface area contributed by atoms with E-state index in [1.165, 1.54) is 13.8 Å². The van der Waals surface area contributed by atoms with Crippen LogP contribution in [0.25, 0.3) is 10.4 Å². The van der Waals surface area contributed by atoms with Gasteiger partial charge in [0.15, 0.2) is 18.5 Å². The molecule has 0 radical (unpaired) electrons. The number of hydrogen-bond acceptors (Lipinski definition) is 10. The van der Waals surface area contributed by atoms with Crippen LogP contribution in [0.2, 0.25) is 0 Å². The third-order valence-corrected chi connectivity index (χ3v) is 4.07. The zero-order chi connectivity index (χ0) is 23.4. The average molecular weight is 444 g/mol. The summed E-state index contributed by atoms with van der Waals surface area (Å²) in [6, 6.07) is -1.00. The van der Waals surface area contributed by atoms with Crippen molar-refractivity contribution in [2.24, 2.45) is 5.11 Å². The molecule has 1 aliphatic heterocycles. The maximum Gasteiger partial charge on any atom is 0.303 e. The highest BCUT2D eigenvalue weighted by Crippen LogP contribution is 2.28. The van der Waals surface area contributed by atoms with Crippen LogP contribution in [0, 0.1) is 0 Å². The summed E-state index contributed by atoms with van der Waals surface area (Å²) in [5, 5.41) is 6.03. The quantitative estimate of drug-likeness (QED) is 0.120. The molecule has 31 heavy (non-hydrogen) atoms. The third kappa shape index (κ3) is 9.64. The standard InChI is InChI=1S/C18H28N4O9/c1-10(23)21-15-17(30-13(4)26)16(29-12(3)25)14(9-28-11(2)24)31-18(15)27-8-6-5-7-20-22-19/h14-18H,5-9H2,1-4H3,(H,21,23). The van der Waals surface area contributed by atoms with E-state index in [9.17, 15) is 19.2 Å². The van der Waals surface area contributed by atoms with Gasteiger partial charge >= 0.3 is 17.9 Å². The lowest BCUT2D eigenvalue weighted by atomic mass is 9.96. The smallest absolute Gasteiger partial charge is 0.303 e. The van der Waals surface area contributed by atoms with Crippen molar-refractivity contribution in [3.63, 3.8) is 0 Å². The maximum atomic E-state index is 11.8. The number of hydrogen-bond donors (Lipinski definition) is 1. The molecule has 0 aliphatic carbocycles. The second kappa shape index (κ2) is 13.4. The van der Waals surface area contributed by atoms with Gasteiger partial charge in [0.25, 0.3) is 0 Å². The van der Waals surface area contributed by atoms with Crippen molar-refractivity contribution in [1.82, 2.24) is 5.32 Å². The molecule has 0 saturated carbocycles. The minimum Gasteiger partial charge on any atom is -0.463 e. The van der Waals surface area contributed by atoms with Gasteiger partial charge in [0, 0.05) is 45.8 Å². The summed E-state index contributed by atoms with van der Waals surface area (Å²) in [5.74, 6) is -2.41. The Kier molecular flexibility index (Phi) is 11.3. The Morgan fingerprint density at radius 2 is 1.65 bits per heavy atom. The lowest BCUT2D eigenvalue weighted by Gasteiger charge is -2.44. The third-order valence-electron chi connectivity index (χ3n) is 4.07. The minimum absolute atomic E-state index is 0.174. The fraction of sp³-hybridized carbons (Fsp3) is 0.778. The number of nitrogens with zero attached hydrogens (tertiary/aromatic N) is 3. The summed E-state index contributed by atoms with van der Waals surface area (Å²) in [6.07, 6.45) is -3.36. The van der Waals surface area contributed by atoms with Crippen molar-refractivity contribution in [3.8, 4) is 0 Å². The van der Waals surface area contributed by atoms with Crippen molar-refractivity contribution in [1.29, 1.82) is 0 Å². The van der Waals surface area contributed by atoms with Gasteiger partial charge in [-0.25, -0.2) is 0 Å². The molecule has 1 heterocycles. The molecular weight excluding hydrogens is 416 g/mol. The Morgan fingerprint density at radius 1 is 1.00 bits per heavy atom. The minimum atomic E-state index is -1.16. The van der Waals surface area contributed by atoms with Crippen LogP contribution >= 0.6 is 0 Å². The molecule has 0 spiro atoms. The molecule has 0 bridgehead atoms. The first kappa shape index (κ1) is 26.1. The Hall–Kier alpha value is -2.89. The largest absolute Gasteiger partial charge is 0.463 e. The molecule has 13 heteroatoms. The highest BCUT2D eigenvalue weighted by Gasteiger charge is 2.51. The highest BCUT2D eigenvalue weighted by atomic mass is 16.7. The first-order chi connectivity index (χ1) is 14.6. The van der Waals surface area contributed by atoms with Crippen LogP contribution < -0.4 is 5.32 Å². The summed E-state index contributed by atoms with van der Waals surface area (Å²) in [6.45, 7) is 4.95. The van der Waals surface area contributed by atoms with E-state index in [1.54, 1.807) is 0 Å². The van der Waals surface area contributed by atoms with Gasteiger partial charge in [-0.15, -0.1) is 0 Å². The van der Waals surface area contributed by atoms with Gasteiger partial charge in [-0.1, -0.05) is 5.11 Å². The van der Waals surface area contributed by atoms with Crippen LogP contribution in [-0.2, 0) is 42.9 Å². The molecule has 0 aromatic heterocycles. The van der Waals surface area contributed by atoms with Crippen molar-refractivity contribution >= 4 is 23.8 Å². The Morgan fingerprint density at radius 3 is 2.19 bits per heavy atom. The van der Waals surface area contributed by atoms with Crippen LogP contribution in [0.15, 0.2) is 5.11 Å².